The van der Waals surface area contributed by atoms with E-state index in [0.29, 0.717) is 10.9 Å². The molecule has 1 amide bonds. The summed E-state index contributed by atoms with van der Waals surface area (Å²) in [6.45, 7) is 3.86. The average molecular weight is 329 g/mol. The van der Waals surface area contributed by atoms with Crippen LogP contribution < -0.4 is 20.9 Å². The van der Waals surface area contributed by atoms with Crippen LogP contribution in [0.2, 0.25) is 0 Å². The number of nitrogens with one attached hydrogen (secondary N) is 3. The van der Waals surface area contributed by atoms with Crippen LogP contribution in [0.25, 0.3) is 0 Å². The van der Waals surface area contributed by atoms with Crippen molar-refractivity contribution in [1.82, 2.24) is 10.9 Å². The number of anilines is 1. The average Bonchev–Trinajstić information content (AvgIpc) is 2.53. The zero-order valence-corrected chi connectivity index (χ0v) is 13.9. The minimum atomic E-state index is -0.317. The third-order valence-corrected chi connectivity index (χ3v) is 3.24. The fourth-order valence-electron chi connectivity index (χ4n) is 1.95. The molecule has 2 aromatic carbocycles. The molecule has 0 saturated heterocycles. The van der Waals surface area contributed by atoms with E-state index in [0.717, 1.165) is 16.8 Å². The highest BCUT2D eigenvalue weighted by molar-refractivity contribution is 7.80. The number of carbonyl (C=O) groups is 1. The molecule has 0 heterocycles. The topological polar surface area (TPSA) is 62.4 Å². The number of carbonyl (C=O) groups excluding carboxylic acids is 1. The van der Waals surface area contributed by atoms with Crippen LogP contribution in [0.15, 0.2) is 48.5 Å². The highest BCUT2D eigenvalue weighted by Gasteiger charge is 2.05. The van der Waals surface area contributed by atoms with E-state index in [1.54, 1.807) is 0 Å². The Bertz CT molecular complexity index is 689. The summed E-state index contributed by atoms with van der Waals surface area (Å²) in [4.78, 5) is 11.8. The van der Waals surface area contributed by atoms with E-state index in [1.165, 1.54) is 0 Å². The third-order valence-electron chi connectivity index (χ3n) is 3.04. The number of amides is 1. The Morgan fingerprint density at radius 2 is 1.83 bits per heavy atom. The Balaban J connectivity index is 1.73. The molecule has 120 valence electrons. The lowest BCUT2D eigenvalue weighted by Gasteiger charge is -2.13. The maximum absolute atomic E-state index is 11.8. The number of hydrazine groups is 1. The van der Waals surface area contributed by atoms with Gasteiger partial charge < -0.3 is 10.1 Å². The predicted molar refractivity (Wildman–Crippen MR) is 95.4 cm³/mol. The van der Waals surface area contributed by atoms with E-state index in [4.69, 9.17) is 17.0 Å². The maximum atomic E-state index is 11.8. The van der Waals surface area contributed by atoms with Gasteiger partial charge in [-0.2, -0.15) is 0 Å². The summed E-state index contributed by atoms with van der Waals surface area (Å²) in [6, 6.07) is 15.2. The molecule has 0 atom stereocenters. The van der Waals surface area contributed by atoms with Gasteiger partial charge in [-0.3, -0.25) is 15.6 Å². The van der Waals surface area contributed by atoms with Crippen LogP contribution >= 0.6 is 12.2 Å². The Morgan fingerprint density at radius 3 is 2.52 bits per heavy atom. The van der Waals surface area contributed by atoms with E-state index in [-0.39, 0.29) is 12.5 Å². The highest BCUT2D eigenvalue weighted by atomic mass is 32.1. The quantitative estimate of drug-likeness (QED) is 0.595. The summed E-state index contributed by atoms with van der Waals surface area (Å²) < 4.78 is 5.49. The molecule has 0 unspecified atom stereocenters. The number of hydrogen-bond donors (Lipinski definition) is 3. The van der Waals surface area contributed by atoms with Gasteiger partial charge in [0.15, 0.2) is 11.7 Å². The molecule has 0 saturated carbocycles. The van der Waals surface area contributed by atoms with Crippen molar-refractivity contribution in [3.05, 3.63) is 59.7 Å². The van der Waals surface area contributed by atoms with Gasteiger partial charge in [0.1, 0.15) is 5.75 Å². The van der Waals surface area contributed by atoms with Crippen LogP contribution in [-0.4, -0.2) is 17.6 Å². The molecule has 0 fully saturated rings. The first kappa shape index (κ1) is 16.8. The van der Waals surface area contributed by atoms with Crippen molar-refractivity contribution in [3.8, 4) is 5.75 Å². The summed E-state index contributed by atoms with van der Waals surface area (Å²) >= 11 is 5.09. The van der Waals surface area contributed by atoms with E-state index in [1.807, 2.05) is 62.4 Å². The molecule has 23 heavy (non-hydrogen) atoms. The van der Waals surface area contributed by atoms with Gasteiger partial charge in [0.25, 0.3) is 5.91 Å². The van der Waals surface area contributed by atoms with Gasteiger partial charge in [0.2, 0.25) is 0 Å². The van der Waals surface area contributed by atoms with E-state index < -0.39 is 0 Å². The number of para-hydroxylation sites is 1. The summed E-state index contributed by atoms with van der Waals surface area (Å²) in [5.74, 6) is 0.373. The molecule has 5 nitrogen and oxygen atoms in total. The molecule has 0 aliphatic rings. The second-order valence-electron chi connectivity index (χ2n) is 5.05. The largest absolute Gasteiger partial charge is 0.483 e. The smallest absolute Gasteiger partial charge is 0.276 e. The molecule has 0 spiro atoms. The van der Waals surface area contributed by atoms with Crippen molar-refractivity contribution < 1.29 is 9.53 Å². The third kappa shape index (κ3) is 5.60. The molecule has 0 aromatic heterocycles. The minimum Gasteiger partial charge on any atom is -0.483 e. The molecule has 2 aromatic rings. The molecular weight excluding hydrogens is 310 g/mol. The lowest BCUT2D eigenvalue weighted by molar-refractivity contribution is -0.123. The summed E-state index contributed by atoms with van der Waals surface area (Å²) in [7, 11) is 0. The Kier molecular flexibility index (Phi) is 5.94. The predicted octanol–water partition coefficient (Wildman–Crippen LogP) is 2.70. The highest BCUT2D eigenvalue weighted by Crippen LogP contribution is 2.18. The standard InChI is InChI=1S/C17H19N3O2S/c1-12-8-9-15(13(2)10-12)22-11-16(21)19-20-17(23)18-14-6-4-3-5-7-14/h3-10H,11H2,1-2H3,(H,19,21)(H2,18,20,23). The van der Waals surface area contributed by atoms with Crippen LogP contribution in [-0.2, 0) is 4.79 Å². The van der Waals surface area contributed by atoms with Crippen molar-refractivity contribution in [2.45, 2.75) is 13.8 Å². The molecule has 0 aliphatic carbocycles. The lowest BCUT2D eigenvalue weighted by Crippen LogP contribution is -2.45. The van der Waals surface area contributed by atoms with Crippen molar-refractivity contribution in [3.63, 3.8) is 0 Å². The number of benzene rings is 2. The van der Waals surface area contributed by atoms with Crippen LogP contribution in [0.5, 0.6) is 5.75 Å². The first-order valence-electron chi connectivity index (χ1n) is 7.15. The van der Waals surface area contributed by atoms with E-state index >= 15 is 0 Å². The zero-order valence-electron chi connectivity index (χ0n) is 13.1. The Hall–Kier alpha value is -2.60. The second kappa shape index (κ2) is 8.14. The summed E-state index contributed by atoms with van der Waals surface area (Å²) in [6.07, 6.45) is 0. The fourth-order valence-corrected chi connectivity index (χ4v) is 2.12. The van der Waals surface area contributed by atoms with Gasteiger partial charge in [-0.05, 0) is 49.8 Å². The van der Waals surface area contributed by atoms with Crippen molar-refractivity contribution in [2.24, 2.45) is 0 Å². The number of hydrogen-bond acceptors (Lipinski definition) is 3. The molecule has 6 heteroatoms. The van der Waals surface area contributed by atoms with Gasteiger partial charge in [-0.1, -0.05) is 35.9 Å². The van der Waals surface area contributed by atoms with Gasteiger partial charge in [-0.25, -0.2) is 0 Å². The van der Waals surface area contributed by atoms with Crippen molar-refractivity contribution in [2.75, 3.05) is 11.9 Å². The van der Waals surface area contributed by atoms with E-state index in [2.05, 4.69) is 16.2 Å². The maximum Gasteiger partial charge on any atom is 0.276 e. The molecule has 3 N–H and O–H groups in total. The molecule has 2 rings (SSSR count). The van der Waals surface area contributed by atoms with Gasteiger partial charge in [0, 0.05) is 5.69 Å². The second-order valence-corrected chi connectivity index (χ2v) is 5.46. The van der Waals surface area contributed by atoms with E-state index in [9.17, 15) is 4.79 Å². The monoisotopic (exact) mass is 329 g/mol. The van der Waals surface area contributed by atoms with Crippen molar-refractivity contribution >= 4 is 28.9 Å². The van der Waals surface area contributed by atoms with Crippen LogP contribution in [0.1, 0.15) is 11.1 Å². The zero-order chi connectivity index (χ0) is 16.7. The van der Waals surface area contributed by atoms with Gasteiger partial charge >= 0.3 is 0 Å². The number of aryl methyl sites for hydroxylation is 2. The first-order chi connectivity index (χ1) is 11.0. The molecule has 0 radical (unpaired) electrons. The molecule has 0 aliphatic heterocycles. The normalized spacial score (nSPS) is 9.83. The van der Waals surface area contributed by atoms with Crippen molar-refractivity contribution in [1.29, 1.82) is 0 Å². The van der Waals surface area contributed by atoms with Crippen LogP contribution in [0, 0.1) is 13.8 Å². The summed E-state index contributed by atoms with van der Waals surface area (Å²) in [5.41, 5.74) is 8.10. The molecular formula is C17H19N3O2S. The fraction of sp³-hybridized carbons (Fsp3) is 0.176. The Labute approximate surface area is 141 Å². The number of rotatable bonds is 4. The summed E-state index contributed by atoms with van der Waals surface area (Å²) in [5, 5.41) is 3.25. The van der Waals surface area contributed by atoms with Crippen LogP contribution in [0.3, 0.4) is 0 Å². The Morgan fingerprint density at radius 1 is 1.09 bits per heavy atom. The first-order valence-corrected chi connectivity index (χ1v) is 7.56. The SMILES string of the molecule is Cc1ccc(OCC(=O)NNC(=S)Nc2ccccc2)c(C)c1. The van der Waals surface area contributed by atoms with Gasteiger partial charge in [0.05, 0.1) is 0 Å². The number of thiocarbonyl (C=S) groups is 1. The van der Waals surface area contributed by atoms with Gasteiger partial charge in [-0.15, -0.1) is 0 Å². The van der Waals surface area contributed by atoms with Crippen LogP contribution in [0.4, 0.5) is 5.69 Å². The number of ether oxygens (including phenoxy) is 1. The molecule has 0 bridgehead atoms. The lowest BCUT2D eigenvalue weighted by atomic mass is 10.1. The minimum absolute atomic E-state index is 0.0924.